The van der Waals surface area contributed by atoms with Crippen molar-refractivity contribution >= 4 is 0 Å². The molecule has 3 fully saturated rings. The first-order valence-electron chi connectivity index (χ1n) is 13.8. The lowest BCUT2D eigenvalue weighted by atomic mass is 9.47. The minimum atomic E-state index is -0.0843. The van der Waals surface area contributed by atoms with Crippen molar-refractivity contribution in [3.8, 4) is 0 Å². The van der Waals surface area contributed by atoms with Gasteiger partial charge in [0.1, 0.15) is 0 Å². The highest BCUT2D eigenvalue weighted by Crippen LogP contribution is 2.67. The molecule has 0 heterocycles. The zero-order valence-electron chi connectivity index (χ0n) is 21.4. The van der Waals surface area contributed by atoms with Gasteiger partial charge in [0.2, 0.25) is 0 Å². The molecule has 4 rings (SSSR count). The van der Waals surface area contributed by atoms with Crippen LogP contribution in [0.2, 0.25) is 0 Å². The largest absolute Gasteiger partial charge is 0.393 e. The van der Waals surface area contributed by atoms with E-state index < -0.39 is 0 Å². The summed E-state index contributed by atoms with van der Waals surface area (Å²) in [5, 5.41) is 10.3. The molecule has 1 nitrogen and oxygen atoms in total. The van der Waals surface area contributed by atoms with Crippen LogP contribution in [0, 0.1) is 46.3 Å². The normalized spacial score (nSPS) is 43.8. The molecule has 0 saturated heterocycles. The first-order chi connectivity index (χ1) is 14.7. The van der Waals surface area contributed by atoms with Crippen LogP contribution in [-0.2, 0) is 0 Å². The summed E-state index contributed by atoms with van der Waals surface area (Å²) in [6.45, 7) is 14.9. The minimum absolute atomic E-state index is 0.0843. The van der Waals surface area contributed by atoms with Gasteiger partial charge in [-0.2, -0.15) is 0 Å². The van der Waals surface area contributed by atoms with E-state index in [1.54, 1.807) is 11.1 Å². The summed E-state index contributed by atoms with van der Waals surface area (Å²) in [6, 6.07) is 0. The van der Waals surface area contributed by atoms with Gasteiger partial charge in [0.05, 0.1) is 6.10 Å². The Labute approximate surface area is 193 Å². The Balaban J connectivity index is 1.47. The van der Waals surface area contributed by atoms with Crippen LogP contribution in [0.1, 0.15) is 112 Å². The molecule has 0 aliphatic heterocycles. The molecular formula is C30H50O. The summed E-state index contributed by atoms with van der Waals surface area (Å²) < 4.78 is 0. The lowest BCUT2D eigenvalue weighted by Crippen LogP contribution is -2.50. The second-order valence-electron chi connectivity index (χ2n) is 12.7. The molecule has 4 aliphatic carbocycles. The van der Waals surface area contributed by atoms with Crippen molar-refractivity contribution in [1.82, 2.24) is 0 Å². The van der Waals surface area contributed by atoms with Crippen LogP contribution in [0.15, 0.2) is 23.3 Å². The maximum absolute atomic E-state index is 10.3. The predicted octanol–water partition coefficient (Wildman–Crippen LogP) is 8.34. The number of hydrogen-bond acceptors (Lipinski definition) is 1. The fraction of sp³-hybridized carbons (Fsp3) is 0.867. The van der Waals surface area contributed by atoms with Crippen LogP contribution in [0.5, 0.6) is 0 Å². The highest BCUT2D eigenvalue weighted by atomic mass is 16.3. The third-order valence-corrected chi connectivity index (χ3v) is 10.9. The van der Waals surface area contributed by atoms with E-state index in [4.69, 9.17) is 0 Å². The molecule has 4 aliphatic rings. The first-order valence-corrected chi connectivity index (χ1v) is 13.8. The van der Waals surface area contributed by atoms with Crippen molar-refractivity contribution < 1.29 is 5.11 Å². The lowest BCUT2D eigenvalue weighted by molar-refractivity contribution is -0.0571. The molecule has 31 heavy (non-hydrogen) atoms. The van der Waals surface area contributed by atoms with E-state index in [0.717, 1.165) is 42.4 Å². The second kappa shape index (κ2) is 9.00. The van der Waals surface area contributed by atoms with E-state index in [2.05, 4.69) is 53.7 Å². The number of aliphatic hydroxyl groups excluding tert-OH is 1. The average molecular weight is 427 g/mol. The smallest absolute Gasteiger partial charge is 0.0577 e. The number of fused-ring (bicyclic) bond motifs is 5. The molecule has 0 radical (unpaired) electrons. The molecule has 3 saturated carbocycles. The summed E-state index contributed by atoms with van der Waals surface area (Å²) in [5.74, 6) is 5.15. The molecule has 0 aromatic carbocycles. The summed E-state index contributed by atoms with van der Waals surface area (Å²) in [4.78, 5) is 0. The monoisotopic (exact) mass is 426 g/mol. The lowest BCUT2D eigenvalue weighted by Gasteiger charge is -2.58. The Bertz CT molecular complexity index is 701. The van der Waals surface area contributed by atoms with Crippen molar-refractivity contribution in [3.63, 3.8) is 0 Å². The van der Waals surface area contributed by atoms with Gasteiger partial charge >= 0.3 is 0 Å². The standard InChI is InChI=1S/C30H50O/c1-7-8-22(20(2)3)10-9-21(4)26-13-14-27-25-12-11-23-19-24(31)15-17-29(23,5)28(25)16-18-30(26,27)6/h8,11,20-21,24-28,31H,7,9-10,12-19H2,1-6H3. The fourth-order valence-electron chi connectivity index (χ4n) is 9.10. The molecule has 8 atom stereocenters. The van der Waals surface area contributed by atoms with Crippen LogP contribution in [0.25, 0.3) is 0 Å². The molecule has 1 N–H and O–H groups in total. The summed E-state index contributed by atoms with van der Waals surface area (Å²) in [6.07, 6.45) is 19.2. The highest BCUT2D eigenvalue weighted by Gasteiger charge is 2.59. The summed E-state index contributed by atoms with van der Waals surface area (Å²) in [5.41, 5.74) is 4.24. The Morgan fingerprint density at radius 3 is 2.58 bits per heavy atom. The molecule has 0 aromatic heterocycles. The van der Waals surface area contributed by atoms with Crippen molar-refractivity contribution in [3.05, 3.63) is 23.3 Å². The van der Waals surface area contributed by atoms with Gasteiger partial charge in [-0.25, -0.2) is 0 Å². The van der Waals surface area contributed by atoms with Gasteiger partial charge in [0.15, 0.2) is 0 Å². The molecule has 0 spiro atoms. The quantitative estimate of drug-likeness (QED) is 0.423. The van der Waals surface area contributed by atoms with Crippen molar-refractivity contribution in [2.45, 2.75) is 118 Å². The Morgan fingerprint density at radius 2 is 1.87 bits per heavy atom. The number of allylic oxidation sites excluding steroid dienone is 3. The van der Waals surface area contributed by atoms with E-state index in [0.29, 0.717) is 16.7 Å². The molecule has 8 unspecified atom stereocenters. The SMILES string of the molecule is CCC=C(CCC(C)C1CCC2C3CC=C4CC(O)CCC4(C)C3CCC12C)C(C)C. The van der Waals surface area contributed by atoms with Crippen molar-refractivity contribution in [2.75, 3.05) is 0 Å². The van der Waals surface area contributed by atoms with Crippen LogP contribution in [0.3, 0.4) is 0 Å². The Hall–Kier alpha value is -0.560. The van der Waals surface area contributed by atoms with Gasteiger partial charge in [0, 0.05) is 0 Å². The third kappa shape index (κ3) is 4.11. The number of hydrogen-bond donors (Lipinski definition) is 1. The predicted molar refractivity (Wildman–Crippen MR) is 133 cm³/mol. The van der Waals surface area contributed by atoms with E-state index in [-0.39, 0.29) is 6.10 Å². The molecule has 0 aromatic rings. The van der Waals surface area contributed by atoms with Gasteiger partial charge < -0.3 is 5.11 Å². The maximum Gasteiger partial charge on any atom is 0.0577 e. The molecule has 1 heteroatoms. The van der Waals surface area contributed by atoms with Crippen LogP contribution < -0.4 is 0 Å². The van der Waals surface area contributed by atoms with E-state index in [9.17, 15) is 5.11 Å². The van der Waals surface area contributed by atoms with Crippen molar-refractivity contribution in [1.29, 1.82) is 0 Å². The van der Waals surface area contributed by atoms with Crippen molar-refractivity contribution in [2.24, 2.45) is 46.3 Å². The van der Waals surface area contributed by atoms with E-state index in [1.807, 2.05) is 0 Å². The van der Waals surface area contributed by atoms with Crippen LogP contribution >= 0.6 is 0 Å². The van der Waals surface area contributed by atoms with Gasteiger partial charge in [-0.05, 0) is 117 Å². The fourth-order valence-corrected chi connectivity index (χ4v) is 9.10. The van der Waals surface area contributed by atoms with Crippen LogP contribution in [0.4, 0.5) is 0 Å². The molecule has 0 bridgehead atoms. The number of rotatable bonds is 6. The molecule has 0 amide bonds. The van der Waals surface area contributed by atoms with E-state index in [1.165, 1.54) is 57.8 Å². The Morgan fingerprint density at radius 1 is 1.10 bits per heavy atom. The summed E-state index contributed by atoms with van der Waals surface area (Å²) in [7, 11) is 0. The second-order valence-corrected chi connectivity index (χ2v) is 12.7. The first kappa shape index (κ1) is 23.6. The van der Waals surface area contributed by atoms with Gasteiger partial charge in [0.25, 0.3) is 0 Å². The average Bonchev–Trinajstić information content (AvgIpc) is 3.08. The zero-order chi connectivity index (χ0) is 22.4. The van der Waals surface area contributed by atoms with E-state index >= 15 is 0 Å². The van der Waals surface area contributed by atoms with Gasteiger partial charge in [-0.15, -0.1) is 0 Å². The minimum Gasteiger partial charge on any atom is -0.393 e. The van der Waals surface area contributed by atoms with Gasteiger partial charge in [-0.3, -0.25) is 0 Å². The topological polar surface area (TPSA) is 20.2 Å². The number of aliphatic hydroxyl groups is 1. The van der Waals surface area contributed by atoms with Crippen LogP contribution in [-0.4, -0.2) is 11.2 Å². The zero-order valence-corrected chi connectivity index (χ0v) is 21.4. The highest BCUT2D eigenvalue weighted by molar-refractivity contribution is 5.25. The third-order valence-electron chi connectivity index (χ3n) is 10.9. The molecule has 176 valence electrons. The molecular weight excluding hydrogens is 376 g/mol. The Kier molecular flexibility index (Phi) is 6.85. The summed E-state index contributed by atoms with van der Waals surface area (Å²) >= 11 is 0. The van der Waals surface area contributed by atoms with Gasteiger partial charge in [-0.1, -0.05) is 64.8 Å². The maximum atomic E-state index is 10.3.